The number of amides is 2. The monoisotopic (exact) mass is 1400 g/mol. The number of hydrogen-bond acceptors (Lipinski definition) is 16. The fourth-order valence-corrected chi connectivity index (χ4v) is 12.7. The summed E-state index contributed by atoms with van der Waals surface area (Å²) in [4.78, 5) is 64.6. The molecular formula is C65H63BCl3MnN11NaO7S3. The number of ether oxygens (including phenoxy) is 1. The summed E-state index contributed by atoms with van der Waals surface area (Å²) in [6, 6.07) is 45.0. The molecule has 11 aromatic rings. The SMILES string of the molecule is C1CCOC1.NCc1ccc(N2CCCCC2=O)cc1.O=C1CCCCN1c1ccc(CNCc2ccc3nc(-c4ccc(Cl)s4)[nH]c3c2)cc1.O=Cc1ccc2nc(-c3ccc(Cl)s3)[nH]c2c1.OCc1ccc2nc(-c3ccc(Cl)s3)[nH]c2c1.[B].[C-]#N.[Na+].[O]=[Mn]=[O]. The molecular weight excluding hydrogens is 1340 g/mol. The van der Waals surface area contributed by atoms with Crippen LogP contribution < -0.4 is 50.4 Å². The summed E-state index contributed by atoms with van der Waals surface area (Å²) in [5.41, 5.74) is 18.0. The van der Waals surface area contributed by atoms with Crippen molar-refractivity contribution in [3.8, 4) is 32.1 Å². The number of halogens is 3. The second-order valence-corrected chi connectivity index (χ2v) is 25.7. The number of benzene rings is 5. The number of nitrogens with one attached hydrogen (secondary N) is 4. The van der Waals surface area contributed by atoms with Gasteiger partial charge in [-0.15, -0.1) is 34.0 Å². The third kappa shape index (κ3) is 21.6. The molecule has 27 heteroatoms. The zero-order valence-corrected chi connectivity index (χ0v) is 58.0. The maximum absolute atomic E-state index is 12.1. The van der Waals surface area contributed by atoms with Crippen LogP contribution in [-0.4, -0.2) is 87.8 Å². The van der Waals surface area contributed by atoms with Crippen molar-refractivity contribution in [2.24, 2.45) is 5.73 Å². The van der Waals surface area contributed by atoms with Crippen LogP contribution in [0.25, 0.3) is 65.2 Å². The van der Waals surface area contributed by atoms with Gasteiger partial charge < -0.3 is 57.5 Å². The fraction of sp³-hybridized carbons (Fsp3) is 0.246. The van der Waals surface area contributed by atoms with Crippen LogP contribution in [0.15, 0.2) is 140 Å². The first-order valence-electron chi connectivity index (χ1n) is 28.6. The number of anilines is 2. The fourth-order valence-electron chi connectivity index (χ4n) is 9.72. The number of thiophene rings is 3. The number of imidazole rings is 3. The van der Waals surface area contributed by atoms with E-state index in [1.54, 1.807) is 12.1 Å². The summed E-state index contributed by atoms with van der Waals surface area (Å²) in [6.07, 6.45) is 8.93. The van der Waals surface area contributed by atoms with Crippen LogP contribution >= 0.6 is 68.8 Å². The van der Waals surface area contributed by atoms with E-state index in [1.807, 2.05) is 101 Å². The van der Waals surface area contributed by atoms with Gasteiger partial charge in [-0.1, -0.05) is 71.2 Å². The van der Waals surface area contributed by atoms with Crippen LogP contribution in [0.4, 0.5) is 11.4 Å². The van der Waals surface area contributed by atoms with Gasteiger partial charge in [0.2, 0.25) is 11.8 Å². The van der Waals surface area contributed by atoms with Crippen molar-refractivity contribution in [3.05, 3.63) is 187 Å². The molecule has 3 radical (unpaired) electrons. The van der Waals surface area contributed by atoms with Crippen molar-refractivity contribution >= 4 is 140 Å². The number of fused-ring (bicyclic) bond motifs is 3. The minimum atomic E-state index is -1.44. The number of nitrogens with two attached hydrogens (primary N) is 1. The summed E-state index contributed by atoms with van der Waals surface area (Å²) >= 11 is 20.9. The third-order valence-corrected chi connectivity index (χ3v) is 17.9. The average molecular weight is 1400 g/mol. The van der Waals surface area contributed by atoms with Crippen molar-refractivity contribution in [1.82, 2.24) is 35.2 Å². The molecule has 6 aromatic heterocycles. The van der Waals surface area contributed by atoms with E-state index >= 15 is 0 Å². The molecule has 3 aliphatic rings. The Morgan fingerprint density at radius 1 is 0.576 bits per heavy atom. The molecule has 3 fully saturated rings. The second kappa shape index (κ2) is 38.7. The molecule has 14 rings (SSSR count). The number of rotatable bonds is 12. The number of H-pyrrole nitrogens is 3. The van der Waals surface area contributed by atoms with Crippen LogP contribution in [0.2, 0.25) is 13.0 Å². The Kier molecular flexibility index (Phi) is 31.4. The van der Waals surface area contributed by atoms with E-state index in [-0.39, 0.29) is 56.4 Å². The van der Waals surface area contributed by atoms with Gasteiger partial charge in [0, 0.05) is 84.1 Å². The van der Waals surface area contributed by atoms with E-state index in [4.69, 9.17) is 69.9 Å². The molecule has 0 bridgehead atoms. The van der Waals surface area contributed by atoms with Crippen LogP contribution in [0.1, 0.15) is 84.0 Å². The number of nitrogens with zero attached hydrogens (tertiary/aromatic N) is 6. The summed E-state index contributed by atoms with van der Waals surface area (Å²) in [5, 5.41) is 18.8. The summed E-state index contributed by atoms with van der Waals surface area (Å²) < 4.78 is 24.0. The van der Waals surface area contributed by atoms with Crippen molar-refractivity contribution in [2.45, 2.75) is 77.6 Å². The van der Waals surface area contributed by atoms with Gasteiger partial charge in [0.15, 0.2) is 0 Å². The number of aromatic amines is 3. The molecule has 2 amide bonds. The van der Waals surface area contributed by atoms with Crippen LogP contribution in [0.3, 0.4) is 0 Å². The quantitative estimate of drug-likeness (QED) is 0.0378. The Morgan fingerprint density at radius 2 is 0.967 bits per heavy atom. The van der Waals surface area contributed by atoms with E-state index in [0.29, 0.717) is 24.9 Å². The number of carbonyl (C=O) groups is 3. The van der Waals surface area contributed by atoms with Crippen LogP contribution in [0.5, 0.6) is 0 Å². The Balaban J connectivity index is 0.000000191. The number of aromatic nitrogens is 6. The number of aldehydes is 1. The molecule has 0 atom stereocenters. The molecule has 92 heavy (non-hydrogen) atoms. The standard InChI is InChI=1S/C24H23ClN4OS.C12H9ClN2OS.C12H7ClN2OS.C12H16N2O.C4H8O.CN.B.Mn.Na.2O/c25-22-11-10-21(31-22)24-27-19-9-6-17(13-20(19)28-24)15-26-14-16-4-7-18(8-5-16)29-12-2-1-3-23(29)30;2*13-11-4-3-10(17-11)12-14-8-2-1-7(6-16)5-9(8)15-12;13-9-10-4-6-11(7-5-10)14-8-2-1-3-12(14)15;1-2-4-5-3-1;1-2;;;;;/h4-11,13,26H,1-3,12,14-15H2,(H,27,28);1-5,16H,6H2,(H,14,15);1-6H,(H,14,15);4-7H,1-3,8-9,13H2;1-4H2;;;;;;/q;;;;;-1;;;+1;;. The summed E-state index contributed by atoms with van der Waals surface area (Å²) in [7, 11) is 0. The zero-order chi connectivity index (χ0) is 63.8. The van der Waals surface area contributed by atoms with Crippen molar-refractivity contribution < 1.29 is 76.3 Å². The number of hydrogen-bond donors (Lipinski definition) is 6. The first kappa shape index (κ1) is 74.6. The summed E-state index contributed by atoms with van der Waals surface area (Å²) in [6.45, 7) is 10.5. The van der Waals surface area contributed by atoms with Gasteiger partial charge in [-0.05, 0) is 164 Å². The molecule has 0 unspecified atom stereocenters. The molecule has 9 heterocycles. The molecule has 5 aromatic carbocycles. The van der Waals surface area contributed by atoms with Crippen LogP contribution in [0, 0.1) is 11.8 Å². The van der Waals surface area contributed by atoms with E-state index < -0.39 is 14.8 Å². The second-order valence-electron chi connectivity index (χ2n) is 20.4. The zero-order valence-electron chi connectivity index (χ0n) is 50.1. The Hall–Kier alpha value is -6.40. The molecule has 18 nitrogen and oxygen atoms in total. The molecule has 7 N–H and O–H groups in total. The average Bonchev–Trinajstić information content (AvgIpc) is 1.70. The summed E-state index contributed by atoms with van der Waals surface area (Å²) in [5.74, 6) is 2.91. The predicted molar refractivity (Wildman–Crippen MR) is 360 cm³/mol. The Bertz CT molecular complexity index is 4180. The Labute approximate surface area is 589 Å². The van der Waals surface area contributed by atoms with E-state index in [1.165, 1.54) is 58.0 Å². The molecule has 3 saturated heterocycles. The van der Waals surface area contributed by atoms with E-state index in [2.05, 4.69) is 71.6 Å². The third-order valence-electron chi connectivity index (χ3n) is 14.2. The van der Waals surface area contributed by atoms with Gasteiger partial charge in [0.1, 0.15) is 23.8 Å². The minimum absolute atomic E-state index is 0. The molecule has 470 valence electrons. The van der Waals surface area contributed by atoms with Crippen molar-refractivity contribution in [3.63, 3.8) is 0 Å². The van der Waals surface area contributed by atoms with E-state index in [9.17, 15) is 14.4 Å². The normalized spacial score (nSPS) is 13.2. The van der Waals surface area contributed by atoms with Gasteiger partial charge in [-0.3, -0.25) is 14.4 Å². The first-order valence-corrected chi connectivity index (χ1v) is 33.1. The number of aliphatic hydroxyl groups is 1. The molecule has 0 saturated carbocycles. The van der Waals surface area contributed by atoms with Crippen molar-refractivity contribution in [1.29, 1.82) is 5.26 Å². The molecule has 0 spiro atoms. The van der Waals surface area contributed by atoms with Gasteiger partial charge in [-0.2, -0.15) is 0 Å². The number of carbonyl (C=O) groups excluding carboxylic acids is 3. The Morgan fingerprint density at radius 3 is 1.35 bits per heavy atom. The van der Waals surface area contributed by atoms with Gasteiger partial charge in [0.25, 0.3) is 0 Å². The van der Waals surface area contributed by atoms with Crippen molar-refractivity contribution in [2.75, 3.05) is 36.1 Å². The topological polar surface area (TPSA) is 269 Å². The van der Waals surface area contributed by atoms with Gasteiger partial charge >= 0.3 is 52.0 Å². The molecule has 0 aliphatic carbocycles. The van der Waals surface area contributed by atoms with Crippen LogP contribution in [-0.2, 0) is 63.1 Å². The number of aliphatic hydroxyl groups excluding tert-OH is 1. The van der Waals surface area contributed by atoms with Gasteiger partial charge in [-0.25, -0.2) is 15.0 Å². The number of piperidine rings is 2. The predicted octanol–water partition coefficient (Wildman–Crippen LogP) is 11.9. The van der Waals surface area contributed by atoms with Gasteiger partial charge in [0.05, 0.1) is 67.3 Å². The first-order chi connectivity index (χ1) is 43.9. The maximum atomic E-state index is 12.1. The molecule has 3 aliphatic heterocycles. The van der Waals surface area contributed by atoms with E-state index in [0.717, 1.165) is 172 Å².